The fraction of sp³-hybridized carbons (Fsp3) is 0.143. The van der Waals surface area contributed by atoms with E-state index in [1.54, 1.807) is 12.3 Å². The topological polar surface area (TPSA) is 45.8 Å². The van der Waals surface area contributed by atoms with Gasteiger partial charge in [0.2, 0.25) is 0 Å². The van der Waals surface area contributed by atoms with E-state index in [0.717, 1.165) is 11.3 Å². The summed E-state index contributed by atoms with van der Waals surface area (Å²) in [5.41, 5.74) is 2.61. The summed E-state index contributed by atoms with van der Waals surface area (Å²) in [5, 5.41) is 5.75. The molecule has 1 aromatic carbocycles. The molecule has 18 heavy (non-hydrogen) atoms. The zero-order chi connectivity index (χ0) is 12.5. The molecule has 2 aromatic rings. The van der Waals surface area contributed by atoms with Gasteiger partial charge in [-0.1, -0.05) is 17.7 Å². The molecule has 1 aliphatic rings. The number of hydrogen-bond acceptors (Lipinski definition) is 3. The van der Waals surface area contributed by atoms with Crippen LogP contribution in [0, 0.1) is 6.92 Å². The summed E-state index contributed by atoms with van der Waals surface area (Å²) in [6, 6.07) is 11.3. The lowest BCUT2D eigenvalue weighted by Gasteiger charge is -2.11. The standard InChI is InChI=1S/C14H12N2O2/c1-10-4-6-11(7-5-10)16-14(17)9-12(15-16)13-3-2-8-18-13/h2-8H,9H2,1H3. The number of hydrogen-bond donors (Lipinski definition) is 0. The van der Waals surface area contributed by atoms with Gasteiger partial charge in [0.05, 0.1) is 18.4 Å². The van der Waals surface area contributed by atoms with Gasteiger partial charge in [-0.3, -0.25) is 4.79 Å². The number of nitrogens with zero attached hydrogens (tertiary/aromatic N) is 2. The summed E-state index contributed by atoms with van der Waals surface area (Å²) in [6.07, 6.45) is 1.86. The van der Waals surface area contributed by atoms with Gasteiger partial charge in [-0.15, -0.1) is 0 Å². The highest BCUT2D eigenvalue weighted by atomic mass is 16.3. The Kier molecular flexibility index (Phi) is 2.48. The smallest absolute Gasteiger partial charge is 0.253 e. The first-order chi connectivity index (χ1) is 8.74. The quantitative estimate of drug-likeness (QED) is 0.810. The van der Waals surface area contributed by atoms with Crippen molar-refractivity contribution in [3.63, 3.8) is 0 Å². The van der Waals surface area contributed by atoms with E-state index in [-0.39, 0.29) is 12.3 Å². The molecule has 0 saturated heterocycles. The van der Waals surface area contributed by atoms with Gasteiger partial charge in [0.15, 0.2) is 0 Å². The van der Waals surface area contributed by atoms with Crippen molar-refractivity contribution in [2.75, 3.05) is 5.01 Å². The van der Waals surface area contributed by atoms with Gasteiger partial charge in [-0.2, -0.15) is 5.10 Å². The summed E-state index contributed by atoms with van der Waals surface area (Å²) >= 11 is 0. The average Bonchev–Trinajstić information content (AvgIpc) is 2.99. The van der Waals surface area contributed by atoms with Crippen LogP contribution in [0.5, 0.6) is 0 Å². The Morgan fingerprint density at radius 1 is 1.22 bits per heavy atom. The third-order valence-corrected chi connectivity index (χ3v) is 2.86. The number of anilines is 1. The Hall–Kier alpha value is -2.36. The predicted molar refractivity (Wildman–Crippen MR) is 68.5 cm³/mol. The molecule has 1 amide bonds. The lowest BCUT2D eigenvalue weighted by Crippen LogP contribution is -2.19. The van der Waals surface area contributed by atoms with Crippen molar-refractivity contribution < 1.29 is 9.21 Å². The zero-order valence-corrected chi connectivity index (χ0v) is 9.96. The monoisotopic (exact) mass is 240 g/mol. The van der Waals surface area contributed by atoms with Crippen LogP contribution in [-0.4, -0.2) is 11.6 Å². The van der Waals surface area contributed by atoms with E-state index in [9.17, 15) is 4.79 Å². The van der Waals surface area contributed by atoms with Gasteiger partial charge in [-0.05, 0) is 31.2 Å². The molecule has 1 aromatic heterocycles. The molecule has 0 radical (unpaired) electrons. The average molecular weight is 240 g/mol. The Bertz CT molecular complexity index is 597. The van der Waals surface area contributed by atoms with Crippen molar-refractivity contribution >= 4 is 17.3 Å². The Balaban J connectivity index is 1.93. The van der Waals surface area contributed by atoms with Crippen LogP contribution in [-0.2, 0) is 4.79 Å². The fourth-order valence-electron chi connectivity index (χ4n) is 1.90. The van der Waals surface area contributed by atoms with Crippen molar-refractivity contribution in [2.24, 2.45) is 5.10 Å². The number of rotatable bonds is 2. The van der Waals surface area contributed by atoms with E-state index in [4.69, 9.17) is 4.42 Å². The second kappa shape index (κ2) is 4.14. The van der Waals surface area contributed by atoms with Crippen molar-refractivity contribution in [3.05, 3.63) is 54.0 Å². The van der Waals surface area contributed by atoms with Crippen LogP contribution < -0.4 is 5.01 Å². The number of carbonyl (C=O) groups excluding carboxylic acids is 1. The molecule has 0 N–H and O–H groups in total. The third-order valence-electron chi connectivity index (χ3n) is 2.86. The fourth-order valence-corrected chi connectivity index (χ4v) is 1.90. The maximum absolute atomic E-state index is 11.9. The van der Waals surface area contributed by atoms with Gasteiger partial charge in [-0.25, -0.2) is 5.01 Å². The molecule has 90 valence electrons. The van der Waals surface area contributed by atoms with Crippen LogP contribution in [0.25, 0.3) is 0 Å². The maximum atomic E-state index is 11.9. The summed E-state index contributed by atoms with van der Waals surface area (Å²) in [4.78, 5) is 11.9. The van der Waals surface area contributed by atoms with E-state index in [2.05, 4.69) is 5.10 Å². The molecule has 4 heteroatoms. The van der Waals surface area contributed by atoms with Crippen molar-refractivity contribution in [1.29, 1.82) is 0 Å². The molecule has 3 rings (SSSR count). The third kappa shape index (κ3) is 1.82. The Morgan fingerprint density at radius 3 is 2.67 bits per heavy atom. The second-order valence-electron chi connectivity index (χ2n) is 4.24. The van der Waals surface area contributed by atoms with Crippen molar-refractivity contribution in [1.82, 2.24) is 0 Å². The highest BCUT2D eigenvalue weighted by molar-refractivity contribution is 6.18. The van der Waals surface area contributed by atoms with E-state index in [0.29, 0.717) is 11.5 Å². The summed E-state index contributed by atoms with van der Waals surface area (Å²) in [5.74, 6) is 0.614. The van der Waals surface area contributed by atoms with Gasteiger partial charge >= 0.3 is 0 Å². The molecular formula is C14H12N2O2. The van der Waals surface area contributed by atoms with Gasteiger partial charge < -0.3 is 4.42 Å². The predicted octanol–water partition coefficient (Wildman–Crippen LogP) is 2.73. The number of amides is 1. The minimum Gasteiger partial charge on any atom is -0.463 e. The van der Waals surface area contributed by atoms with Gasteiger partial charge in [0, 0.05) is 0 Å². The first-order valence-electron chi connectivity index (χ1n) is 5.75. The van der Waals surface area contributed by atoms with Crippen molar-refractivity contribution in [3.8, 4) is 0 Å². The second-order valence-corrected chi connectivity index (χ2v) is 4.24. The molecule has 0 fully saturated rings. The molecule has 1 aliphatic heterocycles. The Morgan fingerprint density at radius 2 is 2.00 bits per heavy atom. The number of benzene rings is 1. The molecule has 0 spiro atoms. The van der Waals surface area contributed by atoms with Crippen LogP contribution in [0.2, 0.25) is 0 Å². The number of aryl methyl sites for hydroxylation is 1. The summed E-state index contributed by atoms with van der Waals surface area (Å²) < 4.78 is 5.26. The largest absolute Gasteiger partial charge is 0.463 e. The van der Waals surface area contributed by atoms with E-state index in [1.165, 1.54) is 5.01 Å². The van der Waals surface area contributed by atoms with Gasteiger partial charge in [0.25, 0.3) is 5.91 Å². The van der Waals surface area contributed by atoms with E-state index in [1.807, 2.05) is 37.3 Å². The molecule has 0 unspecified atom stereocenters. The lowest BCUT2D eigenvalue weighted by atomic mass is 10.2. The SMILES string of the molecule is Cc1ccc(N2N=C(c3ccco3)CC2=O)cc1. The van der Waals surface area contributed by atoms with Crippen molar-refractivity contribution in [2.45, 2.75) is 13.3 Å². The number of hydrazone groups is 1. The first-order valence-corrected chi connectivity index (χ1v) is 5.75. The highest BCUT2D eigenvalue weighted by Crippen LogP contribution is 2.23. The van der Waals surface area contributed by atoms with E-state index >= 15 is 0 Å². The van der Waals surface area contributed by atoms with Crippen LogP contribution in [0.15, 0.2) is 52.2 Å². The molecule has 0 atom stereocenters. The van der Waals surface area contributed by atoms with Gasteiger partial charge in [0.1, 0.15) is 11.5 Å². The van der Waals surface area contributed by atoms with Crippen LogP contribution >= 0.6 is 0 Å². The molecule has 0 aliphatic carbocycles. The number of furan rings is 1. The molecule has 4 nitrogen and oxygen atoms in total. The number of carbonyl (C=O) groups is 1. The van der Waals surface area contributed by atoms with Crippen LogP contribution in [0.1, 0.15) is 17.7 Å². The van der Waals surface area contributed by atoms with E-state index < -0.39 is 0 Å². The molecule has 0 bridgehead atoms. The Labute approximate surface area is 105 Å². The molecule has 0 saturated carbocycles. The minimum absolute atomic E-state index is 0.0368. The zero-order valence-electron chi connectivity index (χ0n) is 9.96. The highest BCUT2D eigenvalue weighted by Gasteiger charge is 2.27. The minimum atomic E-state index is -0.0368. The van der Waals surface area contributed by atoms with Crippen LogP contribution in [0.4, 0.5) is 5.69 Å². The maximum Gasteiger partial charge on any atom is 0.253 e. The summed E-state index contributed by atoms with van der Waals surface area (Å²) in [7, 11) is 0. The van der Waals surface area contributed by atoms with Crippen LogP contribution in [0.3, 0.4) is 0 Å². The molecule has 2 heterocycles. The first kappa shape index (κ1) is 10.8. The lowest BCUT2D eigenvalue weighted by molar-refractivity contribution is -0.116. The normalized spacial score (nSPS) is 15.1. The summed E-state index contributed by atoms with van der Waals surface area (Å²) in [6.45, 7) is 2.01. The molecular weight excluding hydrogens is 228 g/mol.